The third kappa shape index (κ3) is 3.58. The lowest BCUT2D eigenvalue weighted by atomic mass is 10.0. The van der Waals surface area contributed by atoms with Crippen molar-refractivity contribution < 1.29 is 19.1 Å². The number of nitrogens with zero attached hydrogens (tertiary/aromatic N) is 1. The molecule has 0 radical (unpaired) electrons. The van der Waals surface area contributed by atoms with Crippen LogP contribution in [-0.2, 0) is 4.74 Å². The van der Waals surface area contributed by atoms with Gasteiger partial charge in [0.2, 0.25) is 5.78 Å². The molecular weight excluding hydrogens is 368 g/mol. The number of nitrogens with one attached hydrogen (secondary N) is 1. The summed E-state index contributed by atoms with van der Waals surface area (Å²) in [4.78, 5) is 45.0. The highest BCUT2D eigenvalue weighted by Crippen LogP contribution is 2.25. The van der Waals surface area contributed by atoms with E-state index in [-0.39, 0.29) is 17.3 Å². The van der Waals surface area contributed by atoms with Gasteiger partial charge in [0.15, 0.2) is 11.9 Å². The van der Waals surface area contributed by atoms with E-state index in [1.165, 1.54) is 13.8 Å². The zero-order valence-electron chi connectivity index (χ0n) is 17.5. The van der Waals surface area contributed by atoms with Crippen LogP contribution in [0.1, 0.15) is 67.6 Å². The first kappa shape index (κ1) is 20.5. The Labute approximate surface area is 169 Å². The van der Waals surface area contributed by atoms with Gasteiger partial charge in [0.05, 0.1) is 22.5 Å². The molecule has 6 heteroatoms. The lowest BCUT2D eigenvalue weighted by Gasteiger charge is -2.15. The smallest absolute Gasteiger partial charge is 0.340 e. The molecule has 0 aliphatic heterocycles. The van der Waals surface area contributed by atoms with Gasteiger partial charge in [-0.2, -0.15) is 0 Å². The first-order valence-corrected chi connectivity index (χ1v) is 9.44. The molecule has 2 aromatic heterocycles. The number of pyridine rings is 1. The molecule has 0 aliphatic rings. The molecule has 0 spiro atoms. The van der Waals surface area contributed by atoms with Crippen molar-refractivity contribution in [1.82, 2.24) is 9.97 Å². The molecule has 150 valence electrons. The minimum absolute atomic E-state index is 0.117. The average Bonchev–Trinajstić information content (AvgIpc) is 2.95. The molecule has 0 fully saturated rings. The maximum atomic E-state index is 12.9. The number of carbonyl (C=O) groups excluding carboxylic acids is 3. The first-order chi connectivity index (χ1) is 13.6. The molecule has 0 amide bonds. The van der Waals surface area contributed by atoms with E-state index in [1.54, 1.807) is 20.8 Å². The SMILES string of the molecule is CC(=O)c1c(C)[nH]c(C(=O)[C@H](C)OC(=O)c2c(C)nc3ccccc3c2C)c1C. The van der Waals surface area contributed by atoms with E-state index in [0.29, 0.717) is 28.1 Å². The van der Waals surface area contributed by atoms with E-state index in [9.17, 15) is 14.4 Å². The Kier molecular flexibility index (Phi) is 5.38. The summed E-state index contributed by atoms with van der Waals surface area (Å²) in [6.45, 7) is 10.0. The second-order valence-electron chi connectivity index (χ2n) is 7.31. The normalized spacial score (nSPS) is 12.1. The predicted molar refractivity (Wildman–Crippen MR) is 111 cm³/mol. The van der Waals surface area contributed by atoms with Crippen LogP contribution in [0.4, 0.5) is 0 Å². The summed E-state index contributed by atoms with van der Waals surface area (Å²) in [5.41, 5.74) is 4.48. The fourth-order valence-electron chi connectivity index (χ4n) is 3.83. The number of ketones is 2. The Balaban J connectivity index is 1.90. The fourth-order valence-corrected chi connectivity index (χ4v) is 3.83. The molecule has 1 aromatic carbocycles. The number of aryl methyl sites for hydroxylation is 3. The molecular formula is C23H24N2O4. The van der Waals surface area contributed by atoms with Crippen molar-refractivity contribution in [1.29, 1.82) is 0 Å². The topological polar surface area (TPSA) is 89.1 Å². The van der Waals surface area contributed by atoms with Crippen molar-refractivity contribution in [2.24, 2.45) is 0 Å². The van der Waals surface area contributed by atoms with Crippen LogP contribution < -0.4 is 0 Å². The van der Waals surface area contributed by atoms with Crippen molar-refractivity contribution in [2.45, 2.75) is 47.6 Å². The lowest BCUT2D eigenvalue weighted by molar-refractivity contribution is 0.0315. The van der Waals surface area contributed by atoms with Gasteiger partial charge in [0.1, 0.15) is 0 Å². The Bertz CT molecular complexity index is 1160. The largest absolute Gasteiger partial charge is 0.451 e. The number of para-hydroxylation sites is 1. The van der Waals surface area contributed by atoms with Crippen molar-refractivity contribution >= 4 is 28.4 Å². The van der Waals surface area contributed by atoms with Crippen LogP contribution in [0.25, 0.3) is 10.9 Å². The number of aromatic amines is 1. The second kappa shape index (κ2) is 7.62. The Morgan fingerprint density at radius 1 is 1.00 bits per heavy atom. The van der Waals surface area contributed by atoms with Gasteiger partial charge in [0.25, 0.3) is 0 Å². The van der Waals surface area contributed by atoms with Gasteiger partial charge >= 0.3 is 5.97 Å². The lowest BCUT2D eigenvalue weighted by Crippen LogP contribution is -2.26. The molecule has 0 unspecified atom stereocenters. The van der Waals surface area contributed by atoms with Crippen LogP contribution in [0, 0.1) is 27.7 Å². The standard InChI is InChI=1S/C23H24N2O4/c1-11-17-9-7-8-10-18(17)24-14(4)20(11)23(28)29-16(6)22(27)21-12(2)19(15(5)26)13(3)25-21/h7-10,16,25H,1-6H3/t16-/m0/s1. The molecule has 1 atom stereocenters. The number of carbonyl (C=O) groups is 3. The number of benzene rings is 1. The van der Waals surface area contributed by atoms with Gasteiger partial charge < -0.3 is 9.72 Å². The van der Waals surface area contributed by atoms with Gasteiger partial charge in [-0.3, -0.25) is 14.6 Å². The predicted octanol–water partition coefficient (Wildman–Crippen LogP) is 4.43. The third-order valence-corrected chi connectivity index (χ3v) is 5.23. The minimum Gasteiger partial charge on any atom is -0.451 e. The molecule has 3 aromatic rings. The summed E-state index contributed by atoms with van der Waals surface area (Å²) >= 11 is 0. The zero-order chi connectivity index (χ0) is 21.5. The molecule has 2 heterocycles. The number of H-pyrrole nitrogens is 1. The first-order valence-electron chi connectivity index (χ1n) is 9.44. The van der Waals surface area contributed by atoms with Crippen molar-refractivity contribution in [2.75, 3.05) is 0 Å². The highest BCUT2D eigenvalue weighted by atomic mass is 16.5. The molecule has 0 aliphatic carbocycles. The molecule has 0 saturated carbocycles. The van der Waals surface area contributed by atoms with Crippen molar-refractivity contribution in [3.63, 3.8) is 0 Å². The Morgan fingerprint density at radius 2 is 1.66 bits per heavy atom. The number of rotatable bonds is 5. The summed E-state index contributed by atoms with van der Waals surface area (Å²) in [7, 11) is 0. The van der Waals surface area contributed by atoms with Gasteiger partial charge in [-0.1, -0.05) is 18.2 Å². The number of esters is 1. The summed E-state index contributed by atoms with van der Waals surface area (Å²) < 4.78 is 5.49. The van der Waals surface area contributed by atoms with Crippen molar-refractivity contribution in [3.05, 3.63) is 63.6 Å². The van der Waals surface area contributed by atoms with Gasteiger partial charge in [-0.05, 0) is 58.7 Å². The summed E-state index contributed by atoms with van der Waals surface area (Å²) in [5, 5.41) is 0.867. The third-order valence-electron chi connectivity index (χ3n) is 5.23. The van der Waals surface area contributed by atoms with Crippen LogP contribution in [0.2, 0.25) is 0 Å². The number of ether oxygens (including phenoxy) is 1. The van der Waals surface area contributed by atoms with Crippen LogP contribution in [0.5, 0.6) is 0 Å². The highest BCUT2D eigenvalue weighted by molar-refractivity contribution is 6.06. The minimum atomic E-state index is -1.01. The van der Waals surface area contributed by atoms with E-state index >= 15 is 0 Å². The molecule has 29 heavy (non-hydrogen) atoms. The van der Waals surface area contributed by atoms with Gasteiger partial charge in [-0.25, -0.2) is 4.79 Å². The van der Waals surface area contributed by atoms with Crippen LogP contribution in [0.15, 0.2) is 24.3 Å². The fraction of sp³-hybridized carbons (Fsp3) is 0.304. The average molecular weight is 392 g/mol. The Morgan fingerprint density at radius 3 is 2.28 bits per heavy atom. The maximum absolute atomic E-state index is 12.9. The van der Waals surface area contributed by atoms with E-state index in [4.69, 9.17) is 4.74 Å². The number of hydrogen-bond donors (Lipinski definition) is 1. The van der Waals surface area contributed by atoms with E-state index in [1.807, 2.05) is 31.2 Å². The maximum Gasteiger partial charge on any atom is 0.340 e. The summed E-state index contributed by atoms with van der Waals surface area (Å²) in [5.74, 6) is -1.09. The number of aromatic nitrogens is 2. The van der Waals surface area contributed by atoms with E-state index < -0.39 is 12.1 Å². The van der Waals surface area contributed by atoms with Gasteiger partial charge in [-0.15, -0.1) is 0 Å². The van der Waals surface area contributed by atoms with Crippen LogP contribution in [0.3, 0.4) is 0 Å². The summed E-state index contributed by atoms with van der Waals surface area (Å²) in [6.07, 6.45) is -1.01. The quantitative estimate of drug-likeness (QED) is 0.513. The highest BCUT2D eigenvalue weighted by Gasteiger charge is 2.27. The molecule has 0 bridgehead atoms. The number of hydrogen-bond acceptors (Lipinski definition) is 5. The zero-order valence-corrected chi connectivity index (χ0v) is 17.5. The number of Topliss-reactive ketones (excluding diaryl/α,β-unsaturated/α-hetero) is 2. The molecule has 1 N–H and O–H groups in total. The van der Waals surface area contributed by atoms with E-state index in [2.05, 4.69) is 9.97 Å². The monoisotopic (exact) mass is 392 g/mol. The van der Waals surface area contributed by atoms with Crippen LogP contribution in [-0.4, -0.2) is 33.6 Å². The summed E-state index contributed by atoms with van der Waals surface area (Å²) in [6, 6.07) is 7.57. The van der Waals surface area contributed by atoms with Crippen molar-refractivity contribution in [3.8, 4) is 0 Å². The van der Waals surface area contributed by atoms with Gasteiger partial charge in [0, 0.05) is 16.6 Å². The van der Waals surface area contributed by atoms with E-state index in [0.717, 1.165) is 16.5 Å². The second-order valence-corrected chi connectivity index (χ2v) is 7.31. The molecule has 3 rings (SSSR count). The molecule has 0 saturated heterocycles. The molecule has 6 nitrogen and oxygen atoms in total. The Hall–Kier alpha value is -3.28. The van der Waals surface area contributed by atoms with Crippen LogP contribution >= 0.6 is 0 Å². The number of fused-ring (bicyclic) bond motifs is 1.